The first-order valence-electron chi connectivity index (χ1n) is 42.7. The Bertz CT molecular complexity index is 4950. The number of nitrogens with zero attached hydrogens (tertiary/aromatic N) is 14. The molecule has 0 spiro atoms. The van der Waals surface area contributed by atoms with E-state index < -0.39 is 5.95 Å². The maximum Gasteiger partial charge on any atom is 0.232 e. The molecule has 0 bridgehead atoms. The largest absolute Gasteiger partial charge is 0.326 e. The minimum absolute atomic E-state index is 0.0229. The third-order valence-electron chi connectivity index (χ3n) is 18.5. The van der Waals surface area contributed by atoms with Crippen LogP contribution in [-0.2, 0) is 63.7 Å². The number of rotatable bonds is 3. The lowest BCUT2D eigenvalue weighted by molar-refractivity contribution is -0.122. The molecule has 9 aromatic rings. The summed E-state index contributed by atoms with van der Waals surface area (Å²) in [5.74, 6) is 17.9. The molecule has 9 aromatic heterocycles. The zero-order valence-electron chi connectivity index (χ0n) is 84.2. The number of hydrogen-bond acceptors (Lipinski definition) is 16. The molecule has 0 fully saturated rings. The number of carbonyl (C=O) groups excluding carboxylic acids is 3. The number of allylic oxidation sites excluding steroid dienone is 5. The van der Waals surface area contributed by atoms with E-state index in [-0.39, 0.29) is 83.1 Å². The van der Waals surface area contributed by atoms with Gasteiger partial charge >= 0.3 is 0 Å². The van der Waals surface area contributed by atoms with Gasteiger partial charge in [-0.1, -0.05) is 177 Å². The Morgan fingerprint density at radius 2 is 1.04 bits per heavy atom. The first-order chi connectivity index (χ1) is 58.3. The van der Waals surface area contributed by atoms with Crippen LogP contribution >= 0.6 is 45.7 Å². The Labute approximate surface area is 788 Å². The van der Waals surface area contributed by atoms with E-state index in [9.17, 15) is 18.8 Å². The van der Waals surface area contributed by atoms with Crippen LogP contribution in [0.3, 0.4) is 0 Å². The second-order valence-electron chi connectivity index (χ2n) is 42.5. The second kappa shape index (κ2) is 51.1. The van der Waals surface area contributed by atoms with E-state index in [0.29, 0.717) is 23.2 Å². The molecule has 2 aliphatic carbocycles. The van der Waals surface area contributed by atoms with Crippen molar-refractivity contribution in [2.24, 2.45) is 28.1 Å². The van der Waals surface area contributed by atoms with Crippen molar-refractivity contribution in [2.75, 3.05) is 0 Å². The van der Waals surface area contributed by atoms with E-state index in [4.69, 9.17) is 38.5 Å². The number of terminal acetylenes is 6. The van der Waals surface area contributed by atoms with E-state index in [1.165, 1.54) is 61.9 Å². The van der Waals surface area contributed by atoms with Crippen LogP contribution < -0.4 is 0 Å². The van der Waals surface area contributed by atoms with Crippen molar-refractivity contribution >= 4 is 75.2 Å². The smallest absolute Gasteiger partial charge is 0.232 e. The molecule has 2 aliphatic rings. The highest BCUT2D eigenvalue weighted by Gasteiger charge is 2.31. The Morgan fingerprint density at radius 1 is 0.516 bits per heavy atom. The highest BCUT2D eigenvalue weighted by Crippen LogP contribution is 2.36. The van der Waals surface area contributed by atoms with Gasteiger partial charge in [0.15, 0.2) is 33.2 Å². The lowest BCUT2D eigenvalue weighted by atomic mass is 9.74. The van der Waals surface area contributed by atoms with Gasteiger partial charge in [0.2, 0.25) is 5.95 Å². The minimum Gasteiger partial charge on any atom is -0.326 e. The highest BCUT2D eigenvalue weighted by atomic mass is 32.1. The van der Waals surface area contributed by atoms with Crippen LogP contribution in [-0.4, -0.2) is 84.5 Å². The van der Waals surface area contributed by atoms with Crippen LogP contribution in [0.5, 0.6) is 0 Å². The quantitative estimate of drug-likeness (QED) is 0.120. The molecule has 22 heteroatoms. The van der Waals surface area contributed by atoms with E-state index in [1.54, 1.807) is 58.9 Å². The van der Waals surface area contributed by atoms with Crippen molar-refractivity contribution in [3.05, 3.63) is 206 Å². The van der Waals surface area contributed by atoms with Crippen molar-refractivity contribution in [1.29, 1.82) is 0 Å². The first kappa shape index (κ1) is 118. The SMILES string of the molecule is C#Cc1cc(C(C)(C)C)sn1.C#Cc1ccn(C(C)(C)C)n1.C#Cc1nc(C(C)(C)C)cs1.C#Cc1ncc(C(C)(C)C)s1.C#Cc1nccn1C(C)(C)C.C#Cc1nscc1C(C)(C)C.C=CC(=O)C(C)(C)C.C=Cc1ccn(C(C)(C)C)n1.C=Cc1nccn1C(C)(C)C.CC(C)(C)C1CC=CC(=O)C1.CC(C)(C)C1CCC=CC1=O.CC(C)(C)n1ccc(F)n1. The number of thiazole rings is 2. The number of hydrogen-bond donors (Lipinski definition) is 0. The maximum absolute atomic E-state index is 12.3. The van der Waals surface area contributed by atoms with Crippen LogP contribution in [0, 0.1) is 108 Å². The van der Waals surface area contributed by atoms with E-state index in [0.717, 1.165) is 64.3 Å². The van der Waals surface area contributed by atoms with Gasteiger partial charge in [0, 0.05) is 116 Å². The second-order valence-corrected chi connectivity index (χ2v) is 45.9. The fourth-order valence-corrected chi connectivity index (χ4v) is 13.8. The average Bonchev–Trinajstić information content (AvgIpc) is 1.78. The normalized spacial score (nSPS) is 13.7. The molecule has 11 rings (SSSR count). The summed E-state index contributed by atoms with van der Waals surface area (Å²) in [5.41, 5.74) is 6.27. The van der Waals surface area contributed by atoms with Crippen molar-refractivity contribution in [2.45, 2.75) is 324 Å². The summed E-state index contributed by atoms with van der Waals surface area (Å²) >= 11 is 6.04. The predicted octanol–water partition coefficient (Wildman–Crippen LogP) is 26.2. The highest BCUT2D eigenvalue weighted by molar-refractivity contribution is 7.12. The number of ketones is 3. The van der Waals surface area contributed by atoms with E-state index in [2.05, 4.69) is 312 Å². The molecule has 0 amide bonds. The fourth-order valence-electron chi connectivity index (χ4n) is 10.5. The summed E-state index contributed by atoms with van der Waals surface area (Å²) in [6.45, 7) is 86.3. The van der Waals surface area contributed by atoms with E-state index >= 15 is 0 Å². The van der Waals surface area contributed by atoms with Crippen molar-refractivity contribution < 1.29 is 18.8 Å². The van der Waals surface area contributed by atoms with Crippen molar-refractivity contribution in [3.8, 4) is 74.1 Å². The molecule has 0 saturated carbocycles. The summed E-state index contributed by atoms with van der Waals surface area (Å²) in [6.07, 6.45) is 62.3. The zero-order chi connectivity index (χ0) is 99.4. The summed E-state index contributed by atoms with van der Waals surface area (Å²) < 4.78 is 30.0. The molecule has 0 aromatic carbocycles. The Morgan fingerprint density at radius 3 is 1.33 bits per heavy atom. The molecule has 0 N–H and O–H groups in total. The average molecular weight is 1820 g/mol. The third-order valence-corrected chi connectivity index (χ3v) is 22.5. The fraction of sp³-hybridized carbons (Fsp3) is 0.509. The van der Waals surface area contributed by atoms with Gasteiger partial charge in [-0.3, -0.25) is 28.4 Å². The molecule has 694 valence electrons. The van der Waals surface area contributed by atoms with Gasteiger partial charge in [0.25, 0.3) is 0 Å². The summed E-state index contributed by atoms with van der Waals surface area (Å²) in [5, 5.41) is 17.7. The van der Waals surface area contributed by atoms with Gasteiger partial charge in [0.1, 0.15) is 22.9 Å². The number of aromatic nitrogens is 14. The van der Waals surface area contributed by atoms with Crippen LogP contribution in [0.15, 0.2) is 135 Å². The minimum atomic E-state index is -0.421. The first-order valence-corrected chi connectivity index (χ1v) is 46.0. The molecule has 9 heterocycles. The summed E-state index contributed by atoms with van der Waals surface area (Å²) in [7, 11) is 0. The Balaban J connectivity index is 0.00000138. The monoisotopic (exact) mass is 1820 g/mol. The topological polar surface area (TPSA) is 192 Å². The molecule has 0 saturated heterocycles. The number of imidazole rings is 2. The molecule has 2 atom stereocenters. The van der Waals surface area contributed by atoms with Crippen LogP contribution in [0.25, 0.3) is 12.2 Å². The van der Waals surface area contributed by atoms with E-state index in [1.807, 2.05) is 128 Å². The van der Waals surface area contributed by atoms with Crippen LogP contribution in [0.4, 0.5) is 4.39 Å². The molecule has 0 aliphatic heterocycles. The lowest BCUT2D eigenvalue weighted by Crippen LogP contribution is -2.28. The van der Waals surface area contributed by atoms with Gasteiger partial charge < -0.3 is 9.13 Å². The van der Waals surface area contributed by atoms with Crippen molar-refractivity contribution in [1.82, 2.24) is 67.2 Å². The number of carbonyl (C=O) groups is 3. The zero-order valence-corrected chi connectivity index (χ0v) is 87.5. The van der Waals surface area contributed by atoms with Gasteiger partial charge in [-0.15, -0.1) is 66.3 Å². The van der Waals surface area contributed by atoms with Gasteiger partial charge in [0.05, 0.1) is 28.0 Å². The Hall–Kier alpha value is -10.4. The lowest BCUT2D eigenvalue weighted by Gasteiger charge is -2.30. The Kier molecular flexibility index (Phi) is 46.9. The molecule has 2 unspecified atom stereocenters. The molecular weight excluding hydrogens is 1660 g/mol. The van der Waals surface area contributed by atoms with Crippen LogP contribution in [0.1, 0.15) is 340 Å². The summed E-state index contributed by atoms with van der Waals surface area (Å²) in [4.78, 5) is 52.1. The molecule has 128 heavy (non-hydrogen) atoms. The van der Waals surface area contributed by atoms with Crippen molar-refractivity contribution in [3.63, 3.8) is 0 Å². The van der Waals surface area contributed by atoms with Crippen LogP contribution in [0.2, 0.25) is 0 Å². The maximum atomic E-state index is 12.3. The molecule has 17 nitrogen and oxygen atoms in total. The number of halogens is 1. The standard InChI is InChI=1S/2C10H16O.C9H14N2.C9H12N2.C9H14N2.C9H12N2.4C9H11NS.C7H11FN2.C7H12O/c1-10(2,3)8-5-4-6-9(11)7-8;1-10(2,3)8-6-4-5-7-9(8)11;2*1-5-8-10-6-7-11(8)9(2,3)4;2*1-5-8-6-7-11(10-8)9(2,3)4;1-5-8-10-7(6-11-8)9(2,3)4;1-5-8-10-6-7(11-8)9(2,3)4;1-5-8-7(6-11-10-8)9(2,3)4;1-5-7-6-8(11-10-7)9(2,3)4;1-7(2,3)10-5-4-6(8)9-10;1-5-6(8)7(2,3)4/h4,6,8H,5,7H2,1-3H3;5,7-8H,4,6H2,1-3H3;5-7H,1H2,2-4H3;1,6-7H,2-4H3;5-7H,1H2,2-4H3;1,6-7H,2-4H3;4*1,6H,2-4H3;4-5H,1-3H3;5H,1H2,2-4H3. The predicted molar refractivity (Wildman–Crippen MR) is 544 cm³/mol. The summed E-state index contributed by atoms with van der Waals surface area (Å²) in [6, 6.07) is 7.12. The van der Waals surface area contributed by atoms with Gasteiger partial charge in [-0.25, -0.2) is 19.9 Å². The molecular formula is C106H151FN14O3S4. The molecule has 0 radical (unpaired) electrons. The third kappa shape index (κ3) is 44.5. The van der Waals surface area contributed by atoms with Gasteiger partial charge in [-0.05, 0) is 263 Å². The van der Waals surface area contributed by atoms with Gasteiger partial charge in [-0.2, -0.15) is 23.3 Å².